The Labute approximate surface area is 106 Å². The molecule has 7 heteroatoms. The monoisotopic (exact) mass is 259 g/mol. The third kappa shape index (κ3) is 1.69. The normalized spacial score (nSPS) is 10.9. The van der Waals surface area contributed by atoms with Crippen LogP contribution in [-0.2, 0) is 6.54 Å². The molecule has 0 atom stereocenters. The molecule has 0 aliphatic carbocycles. The van der Waals surface area contributed by atoms with E-state index in [-0.39, 0.29) is 12.1 Å². The van der Waals surface area contributed by atoms with E-state index < -0.39 is 0 Å². The Morgan fingerprint density at radius 3 is 2.72 bits per heavy atom. The maximum absolute atomic E-state index is 12.2. The average Bonchev–Trinajstić information content (AvgIpc) is 2.84. The molecular formula is C11H9N5OS. The van der Waals surface area contributed by atoms with Crippen molar-refractivity contribution in [3.63, 3.8) is 0 Å². The largest absolute Gasteiger partial charge is 0.324 e. The summed E-state index contributed by atoms with van der Waals surface area (Å²) in [6, 6.07) is 9.19. The quantitative estimate of drug-likeness (QED) is 0.731. The summed E-state index contributed by atoms with van der Waals surface area (Å²) in [5.41, 5.74) is 6.24. The van der Waals surface area contributed by atoms with Gasteiger partial charge in [0.25, 0.3) is 0 Å². The summed E-state index contributed by atoms with van der Waals surface area (Å²) < 4.78 is 1.25. The van der Waals surface area contributed by atoms with E-state index >= 15 is 0 Å². The number of nitrogens with two attached hydrogens (primary N) is 1. The molecule has 3 rings (SSSR count). The van der Waals surface area contributed by atoms with Crippen LogP contribution >= 0.6 is 11.3 Å². The highest BCUT2D eigenvalue weighted by Gasteiger charge is 2.12. The minimum absolute atomic E-state index is 0.276. The van der Waals surface area contributed by atoms with Crippen LogP contribution in [0.3, 0.4) is 0 Å². The SMILES string of the molecule is NCc1nn2c(=O)c(-c3ccccc3)nnc2s1. The first kappa shape index (κ1) is 11.0. The second kappa shape index (κ2) is 4.28. The number of benzene rings is 1. The zero-order valence-corrected chi connectivity index (χ0v) is 10.1. The van der Waals surface area contributed by atoms with E-state index in [2.05, 4.69) is 15.3 Å². The van der Waals surface area contributed by atoms with Crippen molar-refractivity contribution < 1.29 is 0 Å². The van der Waals surface area contributed by atoms with Gasteiger partial charge in [-0.05, 0) is 0 Å². The first-order valence-corrected chi connectivity index (χ1v) is 6.12. The Balaban J connectivity index is 2.27. The van der Waals surface area contributed by atoms with Crippen molar-refractivity contribution in [2.24, 2.45) is 5.73 Å². The number of hydrogen-bond acceptors (Lipinski definition) is 6. The van der Waals surface area contributed by atoms with Gasteiger partial charge in [-0.1, -0.05) is 41.7 Å². The molecule has 90 valence electrons. The molecule has 0 spiro atoms. The Kier molecular flexibility index (Phi) is 2.62. The Hall–Kier alpha value is -2.12. The lowest BCUT2D eigenvalue weighted by molar-refractivity contribution is 0.826. The fraction of sp³-hybridized carbons (Fsp3) is 0.0909. The molecule has 0 saturated carbocycles. The van der Waals surface area contributed by atoms with Crippen molar-refractivity contribution in [1.82, 2.24) is 19.8 Å². The Morgan fingerprint density at radius 2 is 2.00 bits per heavy atom. The number of fused-ring (bicyclic) bond motifs is 1. The first-order chi connectivity index (χ1) is 8.79. The van der Waals surface area contributed by atoms with Gasteiger partial charge in [0.2, 0.25) is 4.96 Å². The van der Waals surface area contributed by atoms with Crippen molar-refractivity contribution in [2.45, 2.75) is 6.54 Å². The van der Waals surface area contributed by atoms with Crippen LogP contribution < -0.4 is 11.3 Å². The van der Waals surface area contributed by atoms with Gasteiger partial charge < -0.3 is 5.73 Å². The van der Waals surface area contributed by atoms with Crippen LogP contribution in [0.5, 0.6) is 0 Å². The molecular weight excluding hydrogens is 250 g/mol. The summed E-state index contributed by atoms with van der Waals surface area (Å²) in [5, 5.41) is 12.7. The summed E-state index contributed by atoms with van der Waals surface area (Å²) in [4.78, 5) is 12.7. The third-order valence-electron chi connectivity index (χ3n) is 2.45. The summed E-state index contributed by atoms with van der Waals surface area (Å²) >= 11 is 1.27. The van der Waals surface area contributed by atoms with Gasteiger partial charge in [-0.3, -0.25) is 4.79 Å². The number of aromatic nitrogens is 4. The van der Waals surface area contributed by atoms with E-state index in [1.165, 1.54) is 15.9 Å². The minimum atomic E-state index is -0.276. The van der Waals surface area contributed by atoms with Crippen molar-refractivity contribution >= 4 is 16.3 Å². The average molecular weight is 259 g/mol. The van der Waals surface area contributed by atoms with Gasteiger partial charge in [0.05, 0.1) is 0 Å². The zero-order valence-electron chi connectivity index (χ0n) is 9.28. The topological polar surface area (TPSA) is 86.2 Å². The van der Waals surface area contributed by atoms with Gasteiger partial charge in [-0.2, -0.15) is 9.61 Å². The fourth-order valence-electron chi connectivity index (χ4n) is 1.61. The van der Waals surface area contributed by atoms with Gasteiger partial charge >= 0.3 is 5.56 Å². The lowest BCUT2D eigenvalue weighted by Gasteiger charge is -1.97. The van der Waals surface area contributed by atoms with Crippen LogP contribution in [0.4, 0.5) is 0 Å². The van der Waals surface area contributed by atoms with Gasteiger partial charge in [-0.15, -0.1) is 10.2 Å². The molecule has 0 unspecified atom stereocenters. The van der Waals surface area contributed by atoms with Crippen LogP contribution in [0.1, 0.15) is 5.01 Å². The highest BCUT2D eigenvalue weighted by Crippen LogP contribution is 2.14. The summed E-state index contributed by atoms with van der Waals surface area (Å²) in [5.74, 6) is 0. The molecule has 1 aromatic carbocycles. The van der Waals surface area contributed by atoms with E-state index in [4.69, 9.17) is 5.73 Å². The van der Waals surface area contributed by atoms with Crippen molar-refractivity contribution in [3.8, 4) is 11.3 Å². The minimum Gasteiger partial charge on any atom is -0.324 e. The second-order valence-electron chi connectivity index (χ2n) is 3.61. The highest BCUT2D eigenvalue weighted by molar-refractivity contribution is 7.16. The smallest absolute Gasteiger partial charge is 0.302 e. The van der Waals surface area contributed by atoms with E-state index in [9.17, 15) is 4.79 Å². The predicted molar refractivity (Wildman–Crippen MR) is 68.3 cm³/mol. The van der Waals surface area contributed by atoms with Gasteiger partial charge in [0.1, 0.15) is 5.01 Å². The van der Waals surface area contributed by atoms with E-state index in [1.807, 2.05) is 30.3 Å². The highest BCUT2D eigenvalue weighted by atomic mass is 32.1. The van der Waals surface area contributed by atoms with Crippen LogP contribution in [0, 0.1) is 0 Å². The first-order valence-electron chi connectivity index (χ1n) is 5.30. The molecule has 0 bridgehead atoms. The Morgan fingerprint density at radius 1 is 1.22 bits per heavy atom. The predicted octanol–water partition coefficient (Wildman–Crippen LogP) is 0.672. The lowest BCUT2D eigenvalue weighted by Crippen LogP contribution is -2.19. The molecule has 0 aliphatic heterocycles. The maximum Gasteiger partial charge on any atom is 0.302 e. The molecule has 18 heavy (non-hydrogen) atoms. The van der Waals surface area contributed by atoms with Gasteiger partial charge in [0.15, 0.2) is 5.69 Å². The zero-order chi connectivity index (χ0) is 12.5. The molecule has 0 amide bonds. The molecule has 3 aromatic rings. The standard InChI is InChI=1S/C11H9N5OS/c12-6-8-15-16-10(17)9(13-14-11(16)18-8)7-4-2-1-3-5-7/h1-5H,6,12H2. The van der Waals surface area contributed by atoms with Crippen LogP contribution in [0.2, 0.25) is 0 Å². The number of rotatable bonds is 2. The maximum atomic E-state index is 12.2. The molecule has 2 heterocycles. The molecule has 2 N–H and O–H groups in total. The fourth-order valence-corrected chi connectivity index (χ4v) is 2.32. The van der Waals surface area contributed by atoms with Crippen molar-refractivity contribution in [3.05, 3.63) is 45.7 Å². The molecule has 0 aliphatic rings. The number of nitrogens with zero attached hydrogens (tertiary/aromatic N) is 4. The third-order valence-corrected chi connectivity index (χ3v) is 3.38. The van der Waals surface area contributed by atoms with Crippen molar-refractivity contribution in [1.29, 1.82) is 0 Å². The summed E-state index contributed by atoms with van der Waals surface area (Å²) in [6.45, 7) is 0.286. The van der Waals surface area contributed by atoms with Gasteiger partial charge in [0, 0.05) is 12.1 Å². The van der Waals surface area contributed by atoms with E-state index in [1.54, 1.807) is 0 Å². The summed E-state index contributed by atoms with van der Waals surface area (Å²) in [6.07, 6.45) is 0. The molecule has 0 saturated heterocycles. The van der Waals surface area contributed by atoms with Crippen molar-refractivity contribution in [2.75, 3.05) is 0 Å². The lowest BCUT2D eigenvalue weighted by atomic mass is 10.2. The van der Waals surface area contributed by atoms with Crippen LogP contribution in [0.25, 0.3) is 16.2 Å². The number of hydrogen-bond donors (Lipinski definition) is 1. The summed E-state index contributed by atoms with van der Waals surface area (Å²) in [7, 11) is 0. The van der Waals surface area contributed by atoms with Gasteiger partial charge in [-0.25, -0.2) is 0 Å². The van der Waals surface area contributed by atoms with E-state index in [0.717, 1.165) is 5.56 Å². The molecule has 0 fully saturated rings. The second-order valence-corrected chi connectivity index (χ2v) is 4.65. The molecule has 0 radical (unpaired) electrons. The molecule has 6 nitrogen and oxygen atoms in total. The van der Waals surface area contributed by atoms with Crippen LogP contribution in [0.15, 0.2) is 35.1 Å². The van der Waals surface area contributed by atoms with E-state index in [0.29, 0.717) is 15.7 Å². The van der Waals surface area contributed by atoms with Crippen LogP contribution in [-0.4, -0.2) is 19.8 Å². The molecule has 2 aromatic heterocycles. The Bertz CT molecular complexity index is 749.